The van der Waals surface area contributed by atoms with Crippen molar-refractivity contribution in [3.05, 3.63) is 64.9 Å². The molecule has 1 heterocycles. The number of benzene rings is 1. The van der Waals surface area contributed by atoms with Crippen molar-refractivity contribution in [2.24, 2.45) is 0 Å². The maximum Gasteiger partial charge on any atom is 0.119 e. The van der Waals surface area contributed by atoms with Gasteiger partial charge in [0.2, 0.25) is 0 Å². The molecule has 21 heavy (non-hydrogen) atoms. The van der Waals surface area contributed by atoms with E-state index in [2.05, 4.69) is 22.9 Å². The largest absolute Gasteiger partial charge is 0.497 e. The summed E-state index contributed by atoms with van der Waals surface area (Å²) in [5.74, 6) is 0.764. The summed E-state index contributed by atoms with van der Waals surface area (Å²) in [6.45, 7) is 5.94. The molecular weight excluding hydrogens is 282 g/mol. The lowest BCUT2D eigenvalue weighted by Crippen LogP contribution is -2.28. The predicted octanol–water partition coefficient (Wildman–Crippen LogP) is 3.48. The molecule has 1 aromatic heterocycles. The van der Waals surface area contributed by atoms with Gasteiger partial charge < -0.3 is 9.84 Å². The second-order valence-electron chi connectivity index (χ2n) is 4.85. The van der Waals surface area contributed by atoms with E-state index in [0.29, 0.717) is 6.54 Å². The lowest BCUT2D eigenvalue weighted by Gasteiger charge is -2.23. The van der Waals surface area contributed by atoms with Crippen LogP contribution in [0.2, 0.25) is 0 Å². The Morgan fingerprint density at radius 2 is 2.24 bits per heavy atom. The Balaban J connectivity index is 2.02. The molecule has 0 aliphatic heterocycles. The molecule has 0 amide bonds. The molecule has 0 saturated carbocycles. The Kier molecular flexibility index (Phi) is 5.99. The third-order valence-electron chi connectivity index (χ3n) is 3.26. The third-order valence-corrected chi connectivity index (χ3v) is 4.12. The van der Waals surface area contributed by atoms with Gasteiger partial charge in [0.15, 0.2) is 0 Å². The van der Waals surface area contributed by atoms with Crippen LogP contribution in [0, 0.1) is 0 Å². The van der Waals surface area contributed by atoms with Crippen LogP contribution >= 0.6 is 11.3 Å². The molecule has 0 aliphatic rings. The van der Waals surface area contributed by atoms with Crippen LogP contribution in [-0.4, -0.2) is 30.2 Å². The number of aliphatic hydroxyl groups excluding tert-OH is 1. The van der Waals surface area contributed by atoms with Gasteiger partial charge in [0.25, 0.3) is 0 Å². The number of hydrogen-bond acceptors (Lipinski definition) is 4. The summed E-state index contributed by atoms with van der Waals surface area (Å²) < 4.78 is 5.20. The summed E-state index contributed by atoms with van der Waals surface area (Å²) >= 11 is 1.73. The van der Waals surface area contributed by atoms with Crippen LogP contribution in [0.3, 0.4) is 0 Å². The Bertz CT molecular complexity index is 554. The highest BCUT2D eigenvalue weighted by atomic mass is 32.1. The number of nitrogens with zero attached hydrogens (tertiary/aromatic N) is 1. The van der Waals surface area contributed by atoms with Gasteiger partial charge in [-0.05, 0) is 29.1 Å². The Labute approximate surface area is 130 Å². The molecule has 1 aromatic carbocycles. The number of aliphatic hydroxyl groups is 1. The number of hydrogen-bond donors (Lipinski definition) is 1. The SMILES string of the molecule is C=CCN(Cc1cccs1)CC(O)c1cccc(OC)c1. The van der Waals surface area contributed by atoms with E-state index in [1.165, 1.54) is 4.88 Å². The monoisotopic (exact) mass is 303 g/mol. The summed E-state index contributed by atoms with van der Waals surface area (Å²) in [4.78, 5) is 3.47. The zero-order chi connectivity index (χ0) is 15.1. The maximum absolute atomic E-state index is 10.4. The number of thiophene rings is 1. The van der Waals surface area contributed by atoms with E-state index < -0.39 is 6.10 Å². The number of methoxy groups -OCH3 is 1. The molecule has 1 N–H and O–H groups in total. The molecule has 3 nitrogen and oxygen atoms in total. The fourth-order valence-corrected chi connectivity index (χ4v) is 2.95. The Morgan fingerprint density at radius 3 is 2.90 bits per heavy atom. The minimum atomic E-state index is -0.542. The fraction of sp³-hybridized carbons (Fsp3) is 0.294. The Morgan fingerprint density at radius 1 is 1.38 bits per heavy atom. The number of rotatable bonds is 8. The highest BCUT2D eigenvalue weighted by Gasteiger charge is 2.14. The first kappa shape index (κ1) is 15.8. The van der Waals surface area contributed by atoms with Crippen molar-refractivity contribution in [2.45, 2.75) is 12.6 Å². The van der Waals surface area contributed by atoms with Gasteiger partial charge in [-0.1, -0.05) is 24.3 Å². The van der Waals surface area contributed by atoms with Crippen molar-refractivity contribution in [3.8, 4) is 5.75 Å². The van der Waals surface area contributed by atoms with Crippen molar-refractivity contribution < 1.29 is 9.84 Å². The van der Waals surface area contributed by atoms with Gasteiger partial charge in [-0.15, -0.1) is 17.9 Å². The number of ether oxygens (including phenoxy) is 1. The van der Waals surface area contributed by atoms with E-state index in [1.807, 2.05) is 36.4 Å². The van der Waals surface area contributed by atoms with Crippen LogP contribution in [0.4, 0.5) is 0 Å². The minimum absolute atomic E-state index is 0.542. The van der Waals surface area contributed by atoms with Gasteiger partial charge in [0.05, 0.1) is 13.2 Å². The molecule has 0 saturated heterocycles. The summed E-state index contributed by atoms with van der Waals surface area (Å²) in [6, 6.07) is 11.7. The molecule has 1 unspecified atom stereocenters. The summed E-state index contributed by atoms with van der Waals surface area (Å²) in [6.07, 6.45) is 1.33. The quantitative estimate of drug-likeness (QED) is 0.758. The van der Waals surface area contributed by atoms with Gasteiger partial charge >= 0.3 is 0 Å². The van der Waals surface area contributed by atoms with Gasteiger partial charge in [-0.25, -0.2) is 0 Å². The van der Waals surface area contributed by atoms with Gasteiger partial charge in [-0.2, -0.15) is 0 Å². The zero-order valence-corrected chi connectivity index (χ0v) is 13.1. The van der Waals surface area contributed by atoms with Crippen molar-refractivity contribution in [1.82, 2.24) is 4.90 Å². The van der Waals surface area contributed by atoms with Crippen molar-refractivity contribution in [2.75, 3.05) is 20.2 Å². The van der Waals surface area contributed by atoms with Crippen molar-refractivity contribution in [3.63, 3.8) is 0 Å². The molecule has 4 heteroatoms. The predicted molar refractivity (Wildman–Crippen MR) is 87.7 cm³/mol. The molecule has 2 aromatic rings. The normalized spacial score (nSPS) is 12.3. The second-order valence-corrected chi connectivity index (χ2v) is 5.89. The second kappa shape index (κ2) is 7.98. The first-order valence-corrected chi connectivity index (χ1v) is 7.78. The van der Waals surface area contributed by atoms with Crippen LogP contribution in [-0.2, 0) is 6.54 Å². The summed E-state index contributed by atoms with van der Waals surface area (Å²) in [5, 5.41) is 12.5. The van der Waals surface area contributed by atoms with E-state index in [4.69, 9.17) is 4.74 Å². The highest BCUT2D eigenvalue weighted by molar-refractivity contribution is 7.09. The molecule has 0 spiro atoms. The van der Waals surface area contributed by atoms with Crippen LogP contribution < -0.4 is 4.74 Å². The molecule has 112 valence electrons. The average Bonchev–Trinajstić information content (AvgIpc) is 3.00. The molecule has 0 bridgehead atoms. The van der Waals surface area contributed by atoms with E-state index in [1.54, 1.807) is 18.4 Å². The molecule has 1 atom stereocenters. The first-order chi connectivity index (χ1) is 10.2. The van der Waals surface area contributed by atoms with E-state index >= 15 is 0 Å². The van der Waals surface area contributed by atoms with E-state index in [0.717, 1.165) is 24.4 Å². The van der Waals surface area contributed by atoms with Gasteiger partial charge in [-0.3, -0.25) is 4.90 Å². The van der Waals surface area contributed by atoms with Crippen molar-refractivity contribution in [1.29, 1.82) is 0 Å². The average molecular weight is 303 g/mol. The smallest absolute Gasteiger partial charge is 0.119 e. The highest BCUT2D eigenvalue weighted by Crippen LogP contribution is 2.21. The standard InChI is InChI=1S/C17H21NO2S/c1-3-9-18(12-16-8-5-10-21-16)13-17(19)14-6-4-7-15(11-14)20-2/h3-8,10-11,17,19H,1,9,12-13H2,2H3. The summed E-state index contributed by atoms with van der Waals surface area (Å²) in [7, 11) is 1.63. The third kappa shape index (κ3) is 4.70. The molecule has 0 radical (unpaired) electrons. The molecule has 2 rings (SSSR count). The molecule has 0 aliphatic carbocycles. The van der Waals surface area contributed by atoms with E-state index in [-0.39, 0.29) is 0 Å². The van der Waals surface area contributed by atoms with Crippen LogP contribution in [0.25, 0.3) is 0 Å². The summed E-state index contributed by atoms with van der Waals surface area (Å²) in [5.41, 5.74) is 0.870. The molecule has 0 fully saturated rings. The maximum atomic E-state index is 10.4. The van der Waals surface area contributed by atoms with Crippen LogP contribution in [0.1, 0.15) is 16.5 Å². The van der Waals surface area contributed by atoms with Crippen LogP contribution in [0.15, 0.2) is 54.4 Å². The Hall–Kier alpha value is -1.62. The van der Waals surface area contributed by atoms with Gasteiger partial charge in [0.1, 0.15) is 5.75 Å². The van der Waals surface area contributed by atoms with Gasteiger partial charge in [0, 0.05) is 24.5 Å². The van der Waals surface area contributed by atoms with Crippen molar-refractivity contribution >= 4 is 11.3 Å². The topological polar surface area (TPSA) is 32.7 Å². The first-order valence-electron chi connectivity index (χ1n) is 6.90. The van der Waals surface area contributed by atoms with E-state index in [9.17, 15) is 5.11 Å². The lowest BCUT2D eigenvalue weighted by atomic mass is 10.1. The van der Waals surface area contributed by atoms with Crippen LogP contribution in [0.5, 0.6) is 5.75 Å². The fourth-order valence-electron chi connectivity index (χ4n) is 2.21. The molecular formula is C17H21NO2S. The minimum Gasteiger partial charge on any atom is -0.497 e. The zero-order valence-electron chi connectivity index (χ0n) is 12.2. The lowest BCUT2D eigenvalue weighted by molar-refractivity contribution is 0.116.